The summed E-state index contributed by atoms with van der Waals surface area (Å²) in [5.74, 6) is 7.55. The monoisotopic (exact) mass is 706 g/mol. The summed E-state index contributed by atoms with van der Waals surface area (Å²) in [4.78, 5) is 24.3. The van der Waals surface area contributed by atoms with Gasteiger partial charge in [-0.05, 0) is 93.3 Å². The fourth-order valence-electron chi connectivity index (χ4n) is 4.20. The number of rotatable bonds is 7. The summed E-state index contributed by atoms with van der Waals surface area (Å²) in [6.45, 7) is 11.6. The second kappa shape index (κ2) is 13.7. The van der Waals surface area contributed by atoms with Gasteiger partial charge in [-0.1, -0.05) is 24.0 Å². The maximum absolute atomic E-state index is 12.4. The van der Waals surface area contributed by atoms with Crippen LogP contribution in [0.15, 0.2) is 42.7 Å². The van der Waals surface area contributed by atoms with Crippen LogP contribution in [0.2, 0.25) is 0 Å². The lowest BCUT2D eigenvalue weighted by Gasteiger charge is -2.32. The molecule has 1 amide bonds. The maximum atomic E-state index is 12.4. The molecule has 1 aliphatic heterocycles. The van der Waals surface area contributed by atoms with E-state index in [4.69, 9.17) is 24.7 Å². The number of hydrogen-bond acceptors (Lipinski definition) is 8. The molecule has 1 unspecified atom stereocenters. The van der Waals surface area contributed by atoms with Crippen LogP contribution < -0.4 is 10.5 Å². The van der Waals surface area contributed by atoms with Crippen molar-refractivity contribution in [2.75, 3.05) is 18.8 Å². The lowest BCUT2D eigenvalue weighted by molar-refractivity contribution is 0.0204. The fourth-order valence-corrected chi connectivity index (χ4v) is 7.16. The van der Waals surface area contributed by atoms with E-state index in [9.17, 15) is 4.79 Å². The van der Waals surface area contributed by atoms with Crippen LogP contribution in [0, 0.1) is 11.8 Å². The number of ether oxygens (including phenoxy) is 2. The summed E-state index contributed by atoms with van der Waals surface area (Å²) in [6, 6.07) is 9.85. The highest BCUT2D eigenvalue weighted by atomic mass is 127. The van der Waals surface area contributed by atoms with Crippen molar-refractivity contribution in [3.8, 4) is 28.0 Å². The number of nitrogen functional groups attached to an aromatic ring is 1. The van der Waals surface area contributed by atoms with Gasteiger partial charge in [0, 0.05) is 42.5 Å². The average Bonchev–Trinajstić information content (AvgIpc) is 3.41. The van der Waals surface area contributed by atoms with E-state index < -0.39 is 11.2 Å². The summed E-state index contributed by atoms with van der Waals surface area (Å²) in [5, 5.41) is 1.06. The van der Waals surface area contributed by atoms with Crippen molar-refractivity contribution in [2.45, 2.75) is 71.2 Å². The number of nitrogens with two attached hydrogens (primary N) is 1. The Morgan fingerprint density at radius 2 is 1.93 bits per heavy atom. The molecule has 41 heavy (non-hydrogen) atoms. The number of aromatic nitrogens is 2. The molecule has 1 aliphatic rings. The van der Waals surface area contributed by atoms with Gasteiger partial charge in [0.2, 0.25) is 0 Å². The number of likely N-dealkylation sites (tertiary alicyclic amines) is 1. The van der Waals surface area contributed by atoms with Crippen LogP contribution in [-0.2, 0) is 15.9 Å². The Morgan fingerprint density at radius 3 is 2.63 bits per heavy atom. The van der Waals surface area contributed by atoms with Gasteiger partial charge in [-0.25, -0.2) is 14.8 Å². The first-order chi connectivity index (χ1) is 19.4. The van der Waals surface area contributed by atoms with Crippen LogP contribution in [0.25, 0.3) is 10.4 Å². The minimum absolute atomic E-state index is 0.249. The third-order valence-electron chi connectivity index (χ3n) is 6.31. The fraction of sp³-hybridized carbons (Fsp3) is 0.433. The van der Waals surface area contributed by atoms with Gasteiger partial charge in [-0.3, -0.25) is 0 Å². The van der Waals surface area contributed by atoms with Crippen LogP contribution in [0.5, 0.6) is 5.75 Å². The molecule has 0 spiro atoms. The first-order valence-electron chi connectivity index (χ1n) is 13.4. The quantitative estimate of drug-likeness (QED) is 0.154. The molecule has 218 valence electrons. The summed E-state index contributed by atoms with van der Waals surface area (Å²) < 4.78 is 17.3. The van der Waals surface area contributed by atoms with E-state index in [1.807, 2.05) is 71.1 Å². The zero-order chi connectivity index (χ0) is 29.6. The highest BCUT2D eigenvalue weighted by Gasteiger charge is 2.29. The second-order valence-electron chi connectivity index (χ2n) is 11.3. The molecule has 0 saturated carbocycles. The zero-order valence-electron chi connectivity index (χ0n) is 24.0. The smallest absolute Gasteiger partial charge is 0.410 e. The van der Waals surface area contributed by atoms with E-state index in [2.05, 4.69) is 38.9 Å². The minimum Gasteiger partial charge on any atom is -0.485 e. The number of carbonyl (C=O) groups excluding carboxylic acids is 1. The standard InChI is InChI=1S/C30H36IN4O4PS/c1-29(2,3)38-28(36)35-13-10-22(11-14-35)27-34-18-25(41-27)23-16-24(26(32)33-17-23)37-19-21-8-6-7-20(15-21)9-12-30(4,5)39-40-31/h6-8,15-18,22,40H,10-11,13-14,19H2,1-5H3,(H2,32,33). The van der Waals surface area contributed by atoms with Gasteiger partial charge in [0.1, 0.15) is 17.8 Å². The van der Waals surface area contributed by atoms with Gasteiger partial charge < -0.3 is 24.6 Å². The van der Waals surface area contributed by atoms with Crippen LogP contribution in [-0.4, -0.2) is 45.3 Å². The van der Waals surface area contributed by atoms with Crippen molar-refractivity contribution >= 4 is 51.7 Å². The highest BCUT2D eigenvalue weighted by molar-refractivity contribution is 14.2. The van der Waals surface area contributed by atoms with Crippen molar-refractivity contribution in [3.63, 3.8) is 0 Å². The minimum atomic E-state index is -0.499. The number of pyridine rings is 1. The molecular weight excluding hydrogens is 670 g/mol. The van der Waals surface area contributed by atoms with E-state index in [0.29, 0.717) is 43.6 Å². The molecule has 3 heterocycles. The third kappa shape index (κ3) is 9.27. The predicted molar refractivity (Wildman–Crippen MR) is 175 cm³/mol. The van der Waals surface area contributed by atoms with E-state index in [1.165, 1.54) is 0 Å². The lowest BCUT2D eigenvalue weighted by atomic mass is 9.98. The number of carbonyl (C=O) groups is 1. The molecule has 11 heteroatoms. The molecule has 1 saturated heterocycles. The molecule has 4 rings (SSSR count). The van der Waals surface area contributed by atoms with Gasteiger partial charge in [-0.15, -0.1) is 11.3 Å². The molecular formula is C30H36IN4O4PS. The Kier molecular flexibility index (Phi) is 10.5. The van der Waals surface area contributed by atoms with Crippen molar-refractivity contribution in [3.05, 3.63) is 58.9 Å². The van der Waals surface area contributed by atoms with E-state index in [1.54, 1.807) is 22.4 Å². The Bertz CT molecular complexity index is 1420. The van der Waals surface area contributed by atoms with Gasteiger partial charge >= 0.3 is 6.09 Å². The first-order valence-corrected chi connectivity index (χ1v) is 18.2. The number of piperidine rings is 1. The van der Waals surface area contributed by atoms with Crippen molar-refractivity contribution in [1.82, 2.24) is 14.9 Å². The number of benzene rings is 1. The van der Waals surface area contributed by atoms with Crippen LogP contribution in [0.4, 0.5) is 10.6 Å². The number of amides is 1. The molecule has 8 nitrogen and oxygen atoms in total. The summed E-state index contributed by atoms with van der Waals surface area (Å²) in [5.41, 5.74) is 7.95. The summed E-state index contributed by atoms with van der Waals surface area (Å²) >= 11 is 3.85. The van der Waals surface area contributed by atoms with Crippen molar-refractivity contribution in [1.29, 1.82) is 0 Å². The third-order valence-corrected chi connectivity index (χ3v) is 8.77. The van der Waals surface area contributed by atoms with Gasteiger partial charge in [0.05, 0.1) is 16.3 Å². The molecule has 1 fully saturated rings. The maximum Gasteiger partial charge on any atom is 0.410 e. The molecule has 1 atom stereocenters. The molecule has 2 aromatic heterocycles. The van der Waals surface area contributed by atoms with Gasteiger partial charge in [-0.2, -0.15) is 0 Å². The number of halogens is 1. The SMILES string of the molecule is CC(C)(C)OC(=O)N1CCC(c2ncc(-c3cnc(N)c(OCc4cccc(C#CC(C)(C)OPI)c4)c3)s2)CC1. The average molecular weight is 707 g/mol. The lowest BCUT2D eigenvalue weighted by Crippen LogP contribution is -2.41. The second-order valence-corrected chi connectivity index (χ2v) is 14.1. The molecule has 1 aromatic carbocycles. The predicted octanol–water partition coefficient (Wildman–Crippen LogP) is 7.57. The number of nitrogens with zero attached hydrogens (tertiary/aromatic N) is 3. The van der Waals surface area contributed by atoms with Crippen LogP contribution >= 0.6 is 39.8 Å². The molecule has 0 radical (unpaired) electrons. The normalized spacial score (nSPS) is 14.6. The Morgan fingerprint density at radius 1 is 1.17 bits per heavy atom. The number of hydrogen-bond donors (Lipinski definition) is 1. The Balaban J connectivity index is 1.38. The number of thiazole rings is 1. The molecule has 0 aliphatic carbocycles. The van der Waals surface area contributed by atoms with Gasteiger partial charge in [0.15, 0.2) is 11.6 Å². The summed E-state index contributed by atoms with van der Waals surface area (Å²) in [6.07, 6.45) is 5.09. The van der Waals surface area contributed by atoms with E-state index in [-0.39, 0.29) is 6.09 Å². The number of anilines is 1. The van der Waals surface area contributed by atoms with Crippen molar-refractivity contribution in [2.24, 2.45) is 0 Å². The molecule has 3 aromatic rings. The van der Waals surface area contributed by atoms with Crippen molar-refractivity contribution < 1.29 is 18.8 Å². The largest absolute Gasteiger partial charge is 0.485 e. The van der Waals surface area contributed by atoms with Crippen LogP contribution in [0.1, 0.15) is 69.5 Å². The molecule has 2 N–H and O–H groups in total. The van der Waals surface area contributed by atoms with Crippen LogP contribution in [0.3, 0.4) is 0 Å². The summed E-state index contributed by atoms with van der Waals surface area (Å²) in [7, 11) is 0. The Labute approximate surface area is 261 Å². The molecule has 0 bridgehead atoms. The topological polar surface area (TPSA) is 99.8 Å². The van der Waals surface area contributed by atoms with E-state index >= 15 is 0 Å². The highest BCUT2D eigenvalue weighted by Crippen LogP contribution is 2.37. The first kappa shape index (κ1) is 31.5. The zero-order valence-corrected chi connectivity index (χ0v) is 28.0. The van der Waals surface area contributed by atoms with Gasteiger partial charge in [0.25, 0.3) is 0 Å². The van der Waals surface area contributed by atoms with E-state index in [0.717, 1.165) is 39.4 Å². The Hall–Kier alpha value is -2.45.